The largest absolute Gasteiger partial charge is 0.378 e. The molecule has 2 N–H and O–H groups in total. The van der Waals surface area contributed by atoms with Gasteiger partial charge in [0.15, 0.2) is 0 Å². The number of rotatable bonds is 5. The van der Waals surface area contributed by atoms with Crippen molar-refractivity contribution in [3.63, 3.8) is 0 Å². The van der Waals surface area contributed by atoms with Gasteiger partial charge in [-0.25, -0.2) is 0 Å². The van der Waals surface area contributed by atoms with Crippen LogP contribution in [0.2, 0.25) is 0 Å². The van der Waals surface area contributed by atoms with E-state index in [1.165, 1.54) is 0 Å². The molecular formula is C21H23N3O3. The molecule has 0 bridgehead atoms. The highest BCUT2D eigenvalue weighted by Crippen LogP contribution is 2.27. The fraction of sp³-hybridized carbons (Fsp3) is 0.333. The Morgan fingerprint density at radius 1 is 0.889 bits per heavy atom. The number of hydrogen-bond donors (Lipinski definition) is 2. The molecule has 2 amide bonds. The Balaban J connectivity index is 1.45. The summed E-state index contributed by atoms with van der Waals surface area (Å²) in [5.41, 5.74) is 2.87. The lowest BCUT2D eigenvalue weighted by atomic mass is 10.1. The Morgan fingerprint density at radius 3 is 2.19 bits per heavy atom. The first-order valence-electron chi connectivity index (χ1n) is 9.35. The van der Waals surface area contributed by atoms with Crippen molar-refractivity contribution < 1.29 is 14.3 Å². The first-order valence-corrected chi connectivity index (χ1v) is 9.35. The first kappa shape index (κ1) is 17.5. The van der Waals surface area contributed by atoms with Crippen LogP contribution in [0.4, 0.5) is 11.4 Å². The van der Waals surface area contributed by atoms with Crippen LogP contribution in [0.1, 0.15) is 33.6 Å². The van der Waals surface area contributed by atoms with Crippen LogP contribution in [0.15, 0.2) is 48.5 Å². The lowest BCUT2D eigenvalue weighted by molar-refractivity contribution is 0.0949. The standard InChI is InChI=1S/C21H23N3O3/c25-20(22-17-9-10-17)15-5-7-16(8-6-15)21(26)23-18-3-1-2-4-19(18)24-11-13-27-14-12-24/h1-8,17H,9-14H2,(H,22,25)(H,23,26). The summed E-state index contributed by atoms with van der Waals surface area (Å²) in [7, 11) is 0. The van der Waals surface area contributed by atoms with E-state index in [0.29, 0.717) is 30.4 Å². The maximum atomic E-state index is 12.7. The molecule has 2 aromatic rings. The molecule has 27 heavy (non-hydrogen) atoms. The summed E-state index contributed by atoms with van der Waals surface area (Å²) in [6, 6.07) is 14.9. The van der Waals surface area contributed by atoms with Gasteiger partial charge in [0.25, 0.3) is 11.8 Å². The fourth-order valence-electron chi connectivity index (χ4n) is 3.12. The number of carbonyl (C=O) groups excluding carboxylic acids is 2. The maximum Gasteiger partial charge on any atom is 0.255 e. The van der Waals surface area contributed by atoms with Crippen LogP contribution in [-0.2, 0) is 4.74 Å². The van der Waals surface area contributed by atoms with Crippen molar-refractivity contribution >= 4 is 23.2 Å². The van der Waals surface area contributed by atoms with E-state index in [0.717, 1.165) is 37.3 Å². The van der Waals surface area contributed by atoms with Gasteiger partial charge >= 0.3 is 0 Å². The molecule has 140 valence electrons. The second kappa shape index (κ2) is 7.80. The SMILES string of the molecule is O=C(Nc1ccccc1N1CCOCC1)c1ccc(C(=O)NC2CC2)cc1. The third kappa shape index (κ3) is 4.28. The van der Waals surface area contributed by atoms with E-state index in [9.17, 15) is 9.59 Å². The molecule has 0 atom stereocenters. The predicted molar refractivity (Wildman–Crippen MR) is 104 cm³/mol. The molecule has 1 saturated heterocycles. The summed E-state index contributed by atoms with van der Waals surface area (Å²) in [5, 5.41) is 5.94. The van der Waals surface area contributed by atoms with E-state index in [-0.39, 0.29) is 11.8 Å². The second-order valence-corrected chi connectivity index (χ2v) is 6.90. The Labute approximate surface area is 158 Å². The molecule has 2 aromatic carbocycles. The lowest BCUT2D eigenvalue weighted by Gasteiger charge is -2.30. The molecule has 2 aliphatic rings. The van der Waals surface area contributed by atoms with E-state index in [1.54, 1.807) is 24.3 Å². The van der Waals surface area contributed by atoms with Gasteiger partial charge in [-0.15, -0.1) is 0 Å². The minimum absolute atomic E-state index is 0.0814. The van der Waals surface area contributed by atoms with Gasteiger partial charge in [-0.1, -0.05) is 12.1 Å². The van der Waals surface area contributed by atoms with Crippen LogP contribution in [-0.4, -0.2) is 44.2 Å². The highest BCUT2D eigenvalue weighted by molar-refractivity contribution is 6.06. The van der Waals surface area contributed by atoms with Crippen molar-refractivity contribution in [3.8, 4) is 0 Å². The molecule has 1 aliphatic heterocycles. The molecule has 0 radical (unpaired) electrons. The molecule has 1 aliphatic carbocycles. The Bertz CT molecular complexity index is 825. The normalized spacial score (nSPS) is 16.7. The highest BCUT2D eigenvalue weighted by Gasteiger charge is 2.24. The summed E-state index contributed by atoms with van der Waals surface area (Å²) >= 11 is 0. The number of nitrogens with one attached hydrogen (secondary N) is 2. The van der Waals surface area contributed by atoms with Crippen LogP contribution in [0.25, 0.3) is 0 Å². The van der Waals surface area contributed by atoms with Gasteiger partial charge in [0, 0.05) is 30.3 Å². The smallest absolute Gasteiger partial charge is 0.255 e. The summed E-state index contributed by atoms with van der Waals surface area (Å²) in [6.45, 7) is 2.98. The van der Waals surface area contributed by atoms with Gasteiger partial charge in [-0.2, -0.15) is 0 Å². The number of para-hydroxylation sites is 2. The van der Waals surface area contributed by atoms with Crippen LogP contribution in [0.5, 0.6) is 0 Å². The molecule has 1 saturated carbocycles. The van der Waals surface area contributed by atoms with Crippen molar-refractivity contribution in [3.05, 3.63) is 59.7 Å². The fourth-order valence-corrected chi connectivity index (χ4v) is 3.12. The highest BCUT2D eigenvalue weighted by atomic mass is 16.5. The predicted octanol–water partition coefficient (Wildman–Crippen LogP) is 2.67. The number of hydrogen-bond acceptors (Lipinski definition) is 4. The van der Waals surface area contributed by atoms with Crippen molar-refractivity contribution in [1.29, 1.82) is 0 Å². The summed E-state index contributed by atoms with van der Waals surface area (Å²) in [5.74, 6) is -0.271. The molecule has 0 unspecified atom stereocenters. The quantitative estimate of drug-likeness (QED) is 0.855. The summed E-state index contributed by atoms with van der Waals surface area (Å²) in [6.07, 6.45) is 2.10. The van der Waals surface area contributed by atoms with Crippen LogP contribution < -0.4 is 15.5 Å². The number of ether oxygens (including phenoxy) is 1. The third-order valence-electron chi connectivity index (χ3n) is 4.83. The zero-order valence-corrected chi connectivity index (χ0v) is 15.1. The Kier molecular flexibility index (Phi) is 5.07. The zero-order valence-electron chi connectivity index (χ0n) is 15.1. The summed E-state index contributed by atoms with van der Waals surface area (Å²) in [4.78, 5) is 26.9. The molecule has 0 aromatic heterocycles. The molecule has 2 fully saturated rings. The number of amides is 2. The van der Waals surface area contributed by atoms with E-state index < -0.39 is 0 Å². The van der Waals surface area contributed by atoms with Gasteiger partial charge in [-0.3, -0.25) is 9.59 Å². The van der Waals surface area contributed by atoms with Gasteiger partial charge < -0.3 is 20.3 Å². The Morgan fingerprint density at radius 2 is 1.52 bits per heavy atom. The molecule has 0 spiro atoms. The van der Waals surface area contributed by atoms with Crippen LogP contribution >= 0.6 is 0 Å². The van der Waals surface area contributed by atoms with Crippen molar-refractivity contribution in [2.75, 3.05) is 36.5 Å². The monoisotopic (exact) mass is 365 g/mol. The zero-order chi connectivity index (χ0) is 18.6. The average molecular weight is 365 g/mol. The van der Waals surface area contributed by atoms with Gasteiger partial charge in [-0.05, 0) is 49.2 Å². The lowest BCUT2D eigenvalue weighted by Crippen LogP contribution is -2.36. The van der Waals surface area contributed by atoms with Crippen molar-refractivity contribution in [2.45, 2.75) is 18.9 Å². The number of anilines is 2. The molecule has 6 nitrogen and oxygen atoms in total. The number of nitrogens with zero attached hydrogens (tertiary/aromatic N) is 1. The van der Waals surface area contributed by atoms with E-state index in [1.807, 2.05) is 24.3 Å². The van der Waals surface area contributed by atoms with E-state index >= 15 is 0 Å². The molecule has 4 rings (SSSR count). The first-order chi connectivity index (χ1) is 13.2. The van der Waals surface area contributed by atoms with Crippen molar-refractivity contribution in [2.24, 2.45) is 0 Å². The van der Waals surface area contributed by atoms with Crippen molar-refractivity contribution in [1.82, 2.24) is 5.32 Å². The molecular weight excluding hydrogens is 342 g/mol. The number of benzene rings is 2. The maximum absolute atomic E-state index is 12.7. The second-order valence-electron chi connectivity index (χ2n) is 6.90. The van der Waals surface area contributed by atoms with E-state index in [4.69, 9.17) is 4.74 Å². The minimum atomic E-state index is -0.190. The molecule has 1 heterocycles. The van der Waals surface area contributed by atoms with Crippen LogP contribution in [0.3, 0.4) is 0 Å². The number of carbonyl (C=O) groups is 2. The average Bonchev–Trinajstić information content (AvgIpc) is 3.53. The minimum Gasteiger partial charge on any atom is -0.378 e. The third-order valence-corrected chi connectivity index (χ3v) is 4.83. The number of morpholine rings is 1. The Hall–Kier alpha value is -2.86. The van der Waals surface area contributed by atoms with Gasteiger partial charge in [0.1, 0.15) is 0 Å². The van der Waals surface area contributed by atoms with Crippen LogP contribution in [0, 0.1) is 0 Å². The van der Waals surface area contributed by atoms with E-state index in [2.05, 4.69) is 15.5 Å². The van der Waals surface area contributed by atoms with Gasteiger partial charge in [0.05, 0.1) is 24.6 Å². The van der Waals surface area contributed by atoms with Gasteiger partial charge in [0.2, 0.25) is 0 Å². The molecule has 6 heteroatoms. The topological polar surface area (TPSA) is 70.7 Å². The summed E-state index contributed by atoms with van der Waals surface area (Å²) < 4.78 is 5.41.